The van der Waals surface area contributed by atoms with Crippen LogP contribution in [-0.2, 0) is 0 Å². The summed E-state index contributed by atoms with van der Waals surface area (Å²) in [6.45, 7) is 1.82. The van der Waals surface area contributed by atoms with Gasteiger partial charge in [0, 0.05) is 42.3 Å². The van der Waals surface area contributed by atoms with Crippen LogP contribution >= 0.6 is 11.8 Å². The molecule has 1 aliphatic carbocycles. The summed E-state index contributed by atoms with van der Waals surface area (Å²) in [6, 6.07) is 7.07. The van der Waals surface area contributed by atoms with Crippen molar-refractivity contribution in [1.82, 2.24) is 30.2 Å². The summed E-state index contributed by atoms with van der Waals surface area (Å²) in [5.74, 6) is 1.75. The number of piperazine rings is 1. The van der Waals surface area contributed by atoms with Crippen LogP contribution in [0.25, 0.3) is 21.9 Å². The van der Waals surface area contributed by atoms with E-state index in [1.165, 1.54) is 30.2 Å². The zero-order chi connectivity index (χ0) is 20.8. The van der Waals surface area contributed by atoms with Gasteiger partial charge in [0.15, 0.2) is 0 Å². The summed E-state index contributed by atoms with van der Waals surface area (Å²) < 4.78 is 0. The standard InChI is InChI=1S/C23H25N7S/c1-31-21-9-17-15(6-8-25-22(17)29-21)20-11-26-19(14-3-2-4-14)12-30(20)23-16-5-7-24-10-18(16)27-13-28-23/h5-10,13-14,19-20,26H,2-4,11-12H2,1H3,(H,25,29). The van der Waals surface area contributed by atoms with E-state index in [1.54, 1.807) is 18.1 Å². The number of thioether (sulfide) groups is 1. The fraction of sp³-hybridized carbons (Fsp3) is 0.391. The molecule has 0 amide bonds. The number of hydrogen-bond donors (Lipinski definition) is 2. The summed E-state index contributed by atoms with van der Waals surface area (Å²) in [5.41, 5.74) is 3.11. The van der Waals surface area contributed by atoms with Crippen LogP contribution in [0.4, 0.5) is 5.82 Å². The van der Waals surface area contributed by atoms with Crippen molar-refractivity contribution in [1.29, 1.82) is 0 Å². The minimum absolute atomic E-state index is 0.165. The zero-order valence-electron chi connectivity index (χ0n) is 17.5. The fourth-order valence-corrected chi connectivity index (χ4v) is 5.43. The Morgan fingerprint density at radius 3 is 2.87 bits per heavy atom. The number of pyridine rings is 2. The molecule has 31 heavy (non-hydrogen) atoms. The number of nitrogens with zero attached hydrogens (tertiary/aromatic N) is 5. The highest BCUT2D eigenvalue weighted by Crippen LogP contribution is 2.39. The van der Waals surface area contributed by atoms with Gasteiger partial charge in [-0.15, -0.1) is 11.8 Å². The van der Waals surface area contributed by atoms with E-state index in [0.717, 1.165) is 46.4 Å². The summed E-state index contributed by atoms with van der Waals surface area (Å²) in [5, 5.41) is 7.25. The highest BCUT2D eigenvalue weighted by Gasteiger charge is 2.37. The zero-order valence-corrected chi connectivity index (χ0v) is 18.3. The van der Waals surface area contributed by atoms with E-state index in [1.807, 2.05) is 24.7 Å². The van der Waals surface area contributed by atoms with Crippen molar-refractivity contribution in [3.63, 3.8) is 0 Å². The lowest BCUT2D eigenvalue weighted by molar-refractivity contribution is 0.208. The Labute approximate surface area is 185 Å². The maximum Gasteiger partial charge on any atom is 0.140 e. The molecule has 8 heteroatoms. The second-order valence-corrected chi connectivity index (χ2v) is 9.31. The molecule has 2 fully saturated rings. The molecule has 2 N–H and O–H groups in total. The molecule has 1 saturated carbocycles. The number of aromatic amines is 1. The van der Waals surface area contributed by atoms with Gasteiger partial charge < -0.3 is 15.2 Å². The first kappa shape index (κ1) is 19.0. The number of aromatic nitrogens is 5. The Balaban J connectivity index is 1.48. The van der Waals surface area contributed by atoms with Gasteiger partial charge in [0.05, 0.1) is 22.8 Å². The molecule has 7 nitrogen and oxygen atoms in total. The van der Waals surface area contributed by atoms with E-state index in [0.29, 0.717) is 6.04 Å². The minimum Gasteiger partial charge on any atom is -0.346 e. The van der Waals surface area contributed by atoms with Gasteiger partial charge in [-0.3, -0.25) is 4.98 Å². The number of rotatable bonds is 4. The number of H-pyrrole nitrogens is 1. The third-order valence-corrected chi connectivity index (χ3v) is 7.53. The van der Waals surface area contributed by atoms with Crippen LogP contribution in [0.2, 0.25) is 0 Å². The molecule has 4 aromatic heterocycles. The van der Waals surface area contributed by atoms with Gasteiger partial charge in [-0.2, -0.15) is 0 Å². The Morgan fingerprint density at radius 2 is 2.03 bits per heavy atom. The van der Waals surface area contributed by atoms with Crippen molar-refractivity contribution in [2.24, 2.45) is 5.92 Å². The van der Waals surface area contributed by atoms with Crippen molar-refractivity contribution in [3.05, 3.63) is 48.7 Å². The molecule has 0 bridgehead atoms. The predicted octanol–water partition coefficient (Wildman–Crippen LogP) is 3.94. The highest BCUT2D eigenvalue weighted by molar-refractivity contribution is 7.98. The number of nitrogens with one attached hydrogen (secondary N) is 2. The van der Waals surface area contributed by atoms with Gasteiger partial charge >= 0.3 is 0 Å². The van der Waals surface area contributed by atoms with E-state index in [2.05, 4.69) is 48.5 Å². The van der Waals surface area contributed by atoms with Crippen LogP contribution in [0.3, 0.4) is 0 Å². The van der Waals surface area contributed by atoms with E-state index < -0.39 is 0 Å². The molecule has 1 aliphatic heterocycles. The monoisotopic (exact) mass is 431 g/mol. The van der Waals surface area contributed by atoms with E-state index in [9.17, 15) is 0 Å². The largest absolute Gasteiger partial charge is 0.346 e. The Morgan fingerprint density at radius 1 is 1.10 bits per heavy atom. The van der Waals surface area contributed by atoms with Crippen LogP contribution in [0.15, 0.2) is 48.1 Å². The van der Waals surface area contributed by atoms with Gasteiger partial charge in [0.1, 0.15) is 17.8 Å². The first-order valence-corrected chi connectivity index (χ1v) is 12.1. The van der Waals surface area contributed by atoms with Gasteiger partial charge in [-0.25, -0.2) is 15.0 Å². The average molecular weight is 432 g/mol. The topological polar surface area (TPSA) is 82.6 Å². The van der Waals surface area contributed by atoms with Gasteiger partial charge in [0.2, 0.25) is 0 Å². The first-order valence-electron chi connectivity index (χ1n) is 10.9. The second-order valence-electron chi connectivity index (χ2n) is 8.46. The summed E-state index contributed by atoms with van der Waals surface area (Å²) >= 11 is 1.71. The van der Waals surface area contributed by atoms with E-state index >= 15 is 0 Å². The van der Waals surface area contributed by atoms with Gasteiger partial charge in [-0.05, 0) is 48.8 Å². The summed E-state index contributed by atoms with van der Waals surface area (Å²) in [6.07, 6.45) is 13.3. The van der Waals surface area contributed by atoms with Crippen LogP contribution in [0, 0.1) is 5.92 Å². The number of hydrogen-bond acceptors (Lipinski definition) is 7. The van der Waals surface area contributed by atoms with Gasteiger partial charge in [0.25, 0.3) is 0 Å². The molecule has 158 valence electrons. The lowest BCUT2D eigenvalue weighted by Gasteiger charge is -2.46. The molecule has 2 atom stereocenters. The van der Waals surface area contributed by atoms with Gasteiger partial charge in [-0.1, -0.05) is 6.42 Å². The van der Waals surface area contributed by atoms with E-state index in [4.69, 9.17) is 4.98 Å². The minimum atomic E-state index is 0.165. The van der Waals surface area contributed by atoms with Crippen LogP contribution in [0.5, 0.6) is 0 Å². The van der Waals surface area contributed by atoms with Crippen LogP contribution in [-0.4, -0.2) is 50.3 Å². The molecule has 1 saturated heterocycles. The maximum atomic E-state index is 4.78. The molecular weight excluding hydrogens is 406 g/mol. The molecule has 5 heterocycles. The lowest BCUT2D eigenvalue weighted by Crippen LogP contribution is -2.56. The Hall–Kier alpha value is -2.71. The quantitative estimate of drug-likeness (QED) is 0.474. The number of anilines is 1. The Bertz CT molecular complexity index is 1230. The molecule has 0 spiro atoms. The van der Waals surface area contributed by atoms with Crippen molar-refractivity contribution < 1.29 is 0 Å². The summed E-state index contributed by atoms with van der Waals surface area (Å²) in [7, 11) is 0. The second kappa shape index (κ2) is 7.76. The number of fused-ring (bicyclic) bond motifs is 2. The van der Waals surface area contributed by atoms with Crippen molar-refractivity contribution in [2.45, 2.75) is 36.4 Å². The smallest absolute Gasteiger partial charge is 0.140 e. The maximum absolute atomic E-state index is 4.78. The highest BCUT2D eigenvalue weighted by atomic mass is 32.2. The van der Waals surface area contributed by atoms with Crippen molar-refractivity contribution in [2.75, 3.05) is 24.2 Å². The van der Waals surface area contributed by atoms with Crippen LogP contribution in [0.1, 0.15) is 30.9 Å². The lowest BCUT2D eigenvalue weighted by atomic mass is 9.78. The molecule has 2 aliphatic rings. The molecule has 0 aromatic carbocycles. The van der Waals surface area contributed by atoms with E-state index in [-0.39, 0.29) is 6.04 Å². The van der Waals surface area contributed by atoms with Crippen LogP contribution < -0.4 is 10.2 Å². The SMILES string of the molecule is CSc1cc2c(C3CNC(C4CCC4)CN3c3ncnc4cnccc34)ccnc2[nH]1. The normalized spacial score (nSPS) is 22.2. The third kappa shape index (κ3) is 3.25. The molecular formula is C23H25N7S. The average Bonchev–Trinajstić information content (AvgIpc) is 3.21. The molecule has 2 unspecified atom stereocenters. The third-order valence-electron chi connectivity index (χ3n) is 6.87. The van der Waals surface area contributed by atoms with Crippen molar-refractivity contribution >= 4 is 39.5 Å². The molecule has 0 radical (unpaired) electrons. The molecule has 6 rings (SSSR count). The van der Waals surface area contributed by atoms with Crippen molar-refractivity contribution in [3.8, 4) is 0 Å². The predicted molar refractivity (Wildman–Crippen MR) is 124 cm³/mol. The first-order chi connectivity index (χ1) is 15.3. The summed E-state index contributed by atoms with van der Waals surface area (Å²) in [4.78, 5) is 24.0. The molecule has 4 aromatic rings. The fourth-order valence-electron chi connectivity index (χ4n) is 4.99. The Kier molecular flexibility index (Phi) is 4.76.